The molecular formula is C60H42N2. The Morgan fingerprint density at radius 1 is 0.339 bits per heavy atom. The van der Waals surface area contributed by atoms with Crippen molar-refractivity contribution in [2.24, 2.45) is 0 Å². The molecule has 0 bridgehead atoms. The second kappa shape index (κ2) is 16.1. The molecule has 0 unspecified atom stereocenters. The Labute approximate surface area is 374 Å². The number of anilines is 3. The Morgan fingerprint density at radius 3 is 1.61 bits per heavy atom. The van der Waals surface area contributed by atoms with E-state index in [-0.39, 0.29) is 34.5 Å². The third kappa shape index (κ3) is 6.84. The quantitative estimate of drug-likeness (QED) is 0.141. The van der Waals surface area contributed by atoms with Gasteiger partial charge in [-0.25, -0.2) is 0 Å². The van der Waals surface area contributed by atoms with Crippen LogP contribution in [-0.2, 0) is 0 Å². The highest BCUT2D eigenvalue weighted by Gasteiger charge is 2.19. The Morgan fingerprint density at radius 2 is 0.903 bits per heavy atom. The summed E-state index contributed by atoms with van der Waals surface area (Å²) in [6, 6.07) is 63.6. The number of benzene rings is 10. The highest BCUT2D eigenvalue weighted by Crippen LogP contribution is 2.43. The van der Waals surface area contributed by atoms with E-state index in [9.17, 15) is 11.0 Å². The molecule has 0 saturated carbocycles. The van der Waals surface area contributed by atoms with Gasteiger partial charge in [0.15, 0.2) is 0 Å². The van der Waals surface area contributed by atoms with E-state index in [2.05, 4.69) is 4.57 Å². The molecule has 0 amide bonds. The molecule has 2 heteroatoms. The zero-order valence-corrected chi connectivity index (χ0v) is 33.5. The van der Waals surface area contributed by atoms with Crippen LogP contribution in [0.5, 0.6) is 0 Å². The van der Waals surface area contributed by atoms with Gasteiger partial charge in [-0.3, -0.25) is 0 Å². The fraction of sp³-hybridized carbons (Fsp3) is 0. The molecule has 0 fully saturated rings. The maximum atomic E-state index is 9.85. The average molecular weight is 799 g/mol. The van der Waals surface area contributed by atoms with Crippen LogP contribution >= 0.6 is 0 Å². The first kappa shape index (κ1) is 29.1. The summed E-state index contributed by atoms with van der Waals surface area (Å²) in [5.41, 5.74) is 9.55. The number of nitrogens with zero attached hydrogens (tertiary/aromatic N) is 2. The average Bonchev–Trinajstić information content (AvgIpc) is 3.75. The first-order valence-electron chi connectivity index (χ1n) is 24.6. The van der Waals surface area contributed by atoms with Crippen molar-refractivity contribution in [2.75, 3.05) is 4.90 Å². The SMILES string of the molecule is [2H]c1c([2H])c(-c2c([2H])c([2H])c(N(c3ccc(-c4ccccc4)cc3)c3ccc(-c4ccccc4)c(-c4ccccc4)c3)c([2H])c2[2H])c([2H])c(-c2cccc3c2c2ccccc2n3-c2ccccc2)c1[2H]. The highest BCUT2D eigenvalue weighted by molar-refractivity contribution is 6.16. The van der Waals surface area contributed by atoms with Crippen molar-refractivity contribution < 1.29 is 11.0 Å². The van der Waals surface area contributed by atoms with Gasteiger partial charge in [0.05, 0.1) is 22.0 Å². The summed E-state index contributed by atoms with van der Waals surface area (Å²) in [5, 5.41) is 1.60. The van der Waals surface area contributed by atoms with Gasteiger partial charge in [0.1, 0.15) is 0 Å². The Bertz CT molecular complexity index is 3760. The summed E-state index contributed by atoms with van der Waals surface area (Å²) in [4.78, 5) is 1.74. The van der Waals surface area contributed by atoms with Crippen LogP contribution in [0.1, 0.15) is 11.0 Å². The lowest BCUT2D eigenvalue weighted by molar-refractivity contribution is 1.18. The van der Waals surface area contributed by atoms with Gasteiger partial charge in [0, 0.05) is 33.5 Å². The smallest absolute Gasteiger partial charge is 0.0645 e. The van der Waals surface area contributed by atoms with E-state index in [0.717, 1.165) is 60.9 Å². The standard InChI is InChI=1S/C60H42N2/c1-5-17-43(18-6-1)44-31-35-51(36-32-44)61(53-39-40-54(46-19-7-2-8-20-46)57(42-53)47-21-9-3-10-22-47)52-37-33-45(34-38-52)48-23-15-24-49(41-48)55-28-16-30-59-60(55)56-27-13-14-29-58(56)62(59)50-25-11-4-12-26-50/h1-42H/i15D,23D,24D,33D,34D,37D,38D,41D. The van der Waals surface area contributed by atoms with E-state index >= 15 is 0 Å². The first-order valence-corrected chi connectivity index (χ1v) is 20.6. The maximum absolute atomic E-state index is 9.85. The molecule has 292 valence electrons. The van der Waals surface area contributed by atoms with E-state index < -0.39 is 36.3 Å². The van der Waals surface area contributed by atoms with Crippen LogP contribution < -0.4 is 4.90 Å². The number of hydrogen-bond acceptors (Lipinski definition) is 1. The Balaban J connectivity index is 1.13. The monoisotopic (exact) mass is 798 g/mol. The number of fused-ring (bicyclic) bond motifs is 3. The topological polar surface area (TPSA) is 8.17 Å². The van der Waals surface area contributed by atoms with Gasteiger partial charge >= 0.3 is 0 Å². The number of hydrogen-bond donors (Lipinski definition) is 0. The van der Waals surface area contributed by atoms with Gasteiger partial charge in [0.25, 0.3) is 0 Å². The second-order valence-electron chi connectivity index (χ2n) is 15.1. The third-order valence-corrected chi connectivity index (χ3v) is 11.4. The molecule has 0 aliphatic rings. The van der Waals surface area contributed by atoms with Crippen molar-refractivity contribution in [2.45, 2.75) is 0 Å². The minimum atomic E-state index is -0.524. The summed E-state index contributed by atoms with van der Waals surface area (Å²) in [6.07, 6.45) is 0. The molecule has 62 heavy (non-hydrogen) atoms. The van der Waals surface area contributed by atoms with E-state index in [0.29, 0.717) is 16.9 Å². The first-order chi connectivity index (χ1) is 34.1. The van der Waals surface area contributed by atoms with Crippen molar-refractivity contribution in [1.29, 1.82) is 0 Å². The molecular weight excluding hydrogens is 749 g/mol. The van der Waals surface area contributed by atoms with Crippen molar-refractivity contribution >= 4 is 38.9 Å². The van der Waals surface area contributed by atoms with Crippen molar-refractivity contribution in [3.05, 3.63) is 255 Å². The molecule has 0 saturated heterocycles. The Kier molecular flexibility index (Phi) is 7.56. The lowest BCUT2D eigenvalue weighted by atomic mass is 9.93. The van der Waals surface area contributed by atoms with E-state index in [1.807, 2.05) is 200 Å². The van der Waals surface area contributed by atoms with Crippen LogP contribution in [0.3, 0.4) is 0 Å². The maximum Gasteiger partial charge on any atom is 0.0645 e. The predicted octanol–water partition coefficient (Wildman–Crippen LogP) is 16.6. The molecule has 10 aromatic carbocycles. The largest absolute Gasteiger partial charge is 0.310 e. The summed E-state index contributed by atoms with van der Waals surface area (Å²) in [6.45, 7) is 0. The minimum absolute atomic E-state index is 0.0299. The second-order valence-corrected chi connectivity index (χ2v) is 15.1. The zero-order valence-electron chi connectivity index (χ0n) is 41.5. The molecule has 0 atom stereocenters. The normalized spacial score (nSPS) is 13.0. The molecule has 0 radical (unpaired) electrons. The van der Waals surface area contributed by atoms with Crippen LogP contribution in [0.4, 0.5) is 17.1 Å². The molecule has 11 rings (SSSR count). The molecule has 1 aromatic heterocycles. The summed E-state index contributed by atoms with van der Waals surface area (Å²) in [5.74, 6) is 0. The Hall–Kier alpha value is -8.20. The molecule has 2 nitrogen and oxygen atoms in total. The van der Waals surface area contributed by atoms with Gasteiger partial charge in [-0.15, -0.1) is 0 Å². The van der Waals surface area contributed by atoms with Crippen molar-refractivity contribution in [1.82, 2.24) is 4.57 Å². The lowest BCUT2D eigenvalue weighted by Crippen LogP contribution is -2.10. The van der Waals surface area contributed by atoms with E-state index in [1.165, 1.54) is 0 Å². The molecule has 0 aliphatic heterocycles. The zero-order chi connectivity index (χ0) is 48.2. The summed E-state index contributed by atoms with van der Waals surface area (Å²) < 4.78 is 78.8. The molecule has 0 N–H and O–H groups in total. The number of para-hydroxylation sites is 2. The van der Waals surface area contributed by atoms with Gasteiger partial charge < -0.3 is 9.47 Å². The van der Waals surface area contributed by atoms with Crippen LogP contribution in [-0.4, -0.2) is 4.57 Å². The fourth-order valence-corrected chi connectivity index (χ4v) is 8.47. The highest BCUT2D eigenvalue weighted by atomic mass is 15.1. The molecule has 1 heterocycles. The minimum Gasteiger partial charge on any atom is -0.310 e. The number of rotatable bonds is 9. The molecule has 0 spiro atoms. The van der Waals surface area contributed by atoms with Crippen LogP contribution in [0.15, 0.2) is 255 Å². The van der Waals surface area contributed by atoms with E-state index in [4.69, 9.17) is 0 Å². The van der Waals surface area contributed by atoms with Crippen molar-refractivity contribution in [3.8, 4) is 61.3 Å². The van der Waals surface area contributed by atoms with Crippen molar-refractivity contribution in [3.63, 3.8) is 0 Å². The third-order valence-electron chi connectivity index (χ3n) is 11.4. The summed E-state index contributed by atoms with van der Waals surface area (Å²) >= 11 is 0. The van der Waals surface area contributed by atoms with Gasteiger partial charge in [-0.05, 0) is 122 Å². The number of aromatic nitrogens is 1. The van der Waals surface area contributed by atoms with Crippen LogP contribution in [0.2, 0.25) is 0 Å². The lowest BCUT2D eigenvalue weighted by Gasteiger charge is -2.27. The van der Waals surface area contributed by atoms with Gasteiger partial charge in [-0.2, -0.15) is 0 Å². The molecule has 0 aliphatic carbocycles. The van der Waals surface area contributed by atoms with Crippen LogP contribution in [0.25, 0.3) is 83.1 Å². The molecule has 11 aromatic rings. The summed E-state index contributed by atoms with van der Waals surface area (Å²) in [7, 11) is 0. The van der Waals surface area contributed by atoms with E-state index in [1.54, 1.807) is 11.0 Å². The fourth-order valence-electron chi connectivity index (χ4n) is 8.47. The van der Waals surface area contributed by atoms with Crippen LogP contribution in [0, 0.1) is 0 Å². The van der Waals surface area contributed by atoms with Gasteiger partial charge in [0.2, 0.25) is 0 Å². The van der Waals surface area contributed by atoms with Gasteiger partial charge in [-0.1, -0.05) is 188 Å². The predicted molar refractivity (Wildman–Crippen MR) is 263 cm³/mol.